The standard InChI is InChI=1S/C25H32N2O5/c1-4-30-22-8-5-6-9-23(22)32-18-25(29)27-13-7-12-26(14-15-27)24(28)17-31-21-11-10-19(2)20(3)16-21/h5-6,8-11,16H,4,7,12-15,17-18H2,1-3H3. The Balaban J connectivity index is 1.47. The van der Waals surface area contributed by atoms with Gasteiger partial charge < -0.3 is 24.0 Å². The van der Waals surface area contributed by atoms with E-state index in [-0.39, 0.29) is 25.0 Å². The maximum atomic E-state index is 12.7. The summed E-state index contributed by atoms with van der Waals surface area (Å²) < 4.78 is 16.9. The molecular formula is C25H32N2O5. The minimum Gasteiger partial charge on any atom is -0.490 e. The van der Waals surface area contributed by atoms with Crippen molar-refractivity contribution in [2.45, 2.75) is 27.2 Å². The number of para-hydroxylation sites is 2. The van der Waals surface area contributed by atoms with Crippen LogP contribution in [-0.4, -0.2) is 67.6 Å². The number of rotatable bonds is 8. The molecule has 7 nitrogen and oxygen atoms in total. The van der Waals surface area contributed by atoms with Crippen LogP contribution in [0.3, 0.4) is 0 Å². The van der Waals surface area contributed by atoms with Gasteiger partial charge in [-0.15, -0.1) is 0 Å². The third-order valence-electron chi connectivity index (χ3n) is 5.54. The zero-order chi connectivity index (χ0) is 22.9. The van der Waals surface area contributed by atoms with E-state index in [1.807, 2.05) is 57.2 Å². The Kier molecular flexibility index (Phi) is 8.36. The Labute approximate surface area is 189 Å². The minimum atomic E-state index is -0.100. The molecule has 0 atom stereocenters. The SMILES string of the molecule is CCOc1ccccc1OCC(=O)N1CCCN(C(=O)COc2ccc(C)c(C)c2)CC1. The number of carbonyl (C=O) groups excluding carboxylic acids is 2. The quantitative estimate of drug-likeness (QED) is 0.631. The number of nitrogens with zero attached hydrogens (tertiary/aromatic N) is 2. The maximum Gasteiger partial charge on any atom is 0.260 e. The Morgan fingerprint density at radius 2 is 1.38 bits per heavy atom. The van der Waals surface area contributed by atoms with Gasteiger partial charge in [0.25, 0.3) is 11.8 Å². The van der Waals surface area contributed by atoms with E-state index in [4.69, 9.17) is 14.2 Å². The molecule has 1 heterocycles. The lowest BCUT2D eigenvalue weighted by Gasteiger charge is -2.22. The van der Waals surface area contributed by atoms with Crippen molar-refractivity contribution in [2.24, 2.45) is 0 Å². The molecule has 0 spiro atoms. The topological polar surface area (TPSA) is 68.3 Å². The van der Waals surface area contributed by atoms with Gasteiger partial charge in [0.1, 0.15) is 5.75 Å². The Bertz CT molecular complexity index is 930. The predicted octanol–water partition coefficient (Wildman–Crippen LogP) is 3.22. The molecule has 7 heteroatoms. The molecule has 32 heavy (non-hydrogen) atoms. The lowest BCUT2D eigenvalue weighted by Crippen LogP contribution is -2.40. The minimum absolute atomic E-state index is 0.00618. The summed E-state index contributed by atoms with van der Waals surface area (Å²) in [5.41, 5.74) is 2.32. The van der Waals surface area contributed by atoms with E-state index in [9.17, 15) is 9.59 Å². The van der Waals surface area contributed by atoms with Crippen LogP contribution in [0.4, 0.5) is 0 Å². The van der Waals surface area contributed by atoms with Gasteiger partial charge in [0.15, 0.2) is 24.7 Å². The summed E-state index contributed by atoms with van der Waals surface area (Å²) in [6, 6.07) is 13.1. The van der Waals surface area contributed by atoms with Crippen LogP contribution >= 0.6 is 0 Å². The largest absolute Gasteiger partial charge is 0.490 e. The van der Waals surface area contributed by atoms with Crippen molar-refractivity contribution in [1.29, 1.82) is 0 Å². The predicted molar refractivity (Wildman–Crippen MR) is 122 cm³/mol. The average molecular weight is 441 g/mol. The van der Waals surface area contributed by atoms with Crippen LogP contribution in [-0.2, 0) is 9.59 Å². The van der Waals surface area contributed by atoms with Crippen molar-refractivity contribution in [1.82, 2.24) is 9.80 Å². The number of carbonyl (C=O) groups is 2. The molecule has 0 unspecified atom stereocenters. The van der Waals surface area contributed by atoms with Crippen molar-refractivity contribution in [2.75, 3.05) is 46.0 Å². The van der Waals surface area contributed by atoms with Crippen LogP contribution in [0.1, 0.15) is 24.5 Å². The molecule has 2 aromatic rings. The van der Waals surface area contributed by atoms with Gasteiger partial charge >= 0.3 is 0 Å². The van der Waals surface area contributed by atoms with Gasteiger partial charge in [-0.25, -0.2) is 0 Å². The summed E-state index contributed by atoms with van der Waals surface area (Å²) in [5, 5.41) is 0. The van der Waals surface area contributed by atoms with Crippen molar-refractivity contribution in [3.8, 4) is 17.2 Å². The second kappa shape index (κ2) is 11.4. The van der Waals surface area contributed by atoms with Crippen molar-refractivity contribution in [3.05, 3.63) is 53.6 Å². The van der Waals surface area contributed by atoms with E-state index in [0.717, 1.165) is 12.0 Å². The van der Waals surface area contributed by atoms with Gasteiger partial charge in [0.2, 0.25) is 0 Å². The van der Waals surface area contributed by atoms with E-state index in [1.165, 1.54) is 5.56 Å². The van der Waals surface area contributed by atoms with Gasteiger partial charge in [0, 0.05) is 26.2 Å². The number of ether oxygens (including phenoxy) is 3. The van der Waals surface area contributed by atoms with E-state index in [0.29, 0.717) is 50.0 Å². The Morgan fingerprint density at radius 3 is 1.97 bits per heavy atom. The summed E-state index contributed by atoms with van der Waals surface area (Å²) >= 11 is 0. The highest BCUT2D eigenvalue weighted by molar-refractivity contribution is 5.79. The molecule has 1 saturated heterocycles. The van der Waals surface area contributed by atoms with Crippen LogP contribution in [0.25, 0.3) is 0 Å². The lowest BCUT2D eigenvalue weighted by atomic mass is 10.1. The monoisotopic (exact) mass is 440 g/mol. The van der Waals surface area contributed by atoms with Crippen molar-refractivity contribution in [3.63, 3.8) is 0 Å². The van der Waals surface area contributed by atoms with Gasteiger partial charge in [-0.2, -0.15) is 0 Å². The molecule has 172 valence electrons. The zero-order valence-electron chi connectivity index (χ0n) is 19.1. The number of hydrogen-bond donors (Lipinski definition) is 0. The first-order valence-electron chi connectivity index (χ1n) is 11.1. The molecule has 1 aliphatic rings. The van der Waals surface area contributed by atoms with E-state index < -0.39 is 0 Å². The van der Waals surface area contributed by atoms with Crippen molar-refractivity contribution >= 4 is 11.8 Å². The fraction of sp³-hybridized carbons (Fsp3) is 0.440. The lowest BCUT2D eigenvalue weighted by molar-refractivity contribution is -0.135. The molecular weight excluding hydrogens is 408 g/mol. The second-order valence-corrected chi connectivity index (χ2v) is 7.82. The average Bonchev–Trinajstić information content (AvgIpc) is 3.05. The van der Waals surface area contributed by atoms with E-state index in [2.05, 4.69) is 0 Å². The highest BCUT2D eigenvalue weighted by Gasteiger charge is 2.23. The molecule has 2 amide bonds. The first kappa shape index (κ1) is 23.4. The van der Waals surface area contributed by atoms with Gasteiger partial charge in [0.05, 0.1) is 6.61 Å². The van der Waals surface area contributed by atoms with Crippen LogP contribution in [0.15, 0.2) is 42.5 Å². The number of hydrogen-bond acceptors (Lipinski definition) is 5. The van der Waals surface area contributed by atoms with E-state index in [1.54, 1.807) is 15.9 Å². The summed E-state index contributed by atoms with van der Waals surface area (Å²) in [4.78, 5) is 28.8. The summed E-state index contributed by atoms with van der Waals surface area (Å²) in [5.74, 6) is 1.70. The highest BCUT2D eigenvalue weighted by Crippen LogP contribution is 2.26. The fourth-order valence-electron chi connectivity index (χ4n) is 3.53. The Morgan fingerprint density at radius 1 is 0.781 bits per heavy atom. The molecule has 0 saturated carbocycles. The number of benzene rings is 2. The number of aryl methyl sites for hydroxylation is 2. The third-order valence-corrected chi connectivity index (χ3v) is 5.54. The molecule has 0 aliphatic carbocycles. The van der Waals surface area contributed by atoms with Gasteiger partial charge in [-0.3, -0.25) is 9.59 Å². The maximum absolute atomic E-state index is 12.7. The van der Waals surface area contributed by atoms with Crippen molar-refractivity contribution < 1.29 is 23.8 Å². The molecule has 0 radical (unpaired) electrons. The first-order valence-corrected chi connectivity index (χ1v) is 11.1. The highest BCUT2D eigenvalue weighted by atomic mass is 16.5. The molecule has 3 rings (SSSR count). The normalized spacial score (nSPS) is 14.0. The summed E-state index contributed by atoms with van der Waals surface area (Å²) in [7, 11) is 0. The third kappa shape index (κ3) is 6.39. The van der Waals surface area contributed by atoms with Gasteiger partial charge in [-0.1, -0.05) is 18.2 Å². The summed E-state index contributed by atoms with van der Waals surface area (Å²) in [6.07, 6.45) is 0.719. The molecule has 0 N–H and O–H groups in total. The van der Waals surface area contributed by atoms with E-state index >= 15 is 0 Å². The molecule has 1 fully saturated rings. The summed E-state index contributed by atoms with van der Waals surface area (Å²) in [6.45, 7) is 8.57. The smallest absolute Gasteiger partial charge is 0.260 e. The molecule has 1 aliphatic heterocycles. The molecule has 0 bridgehead atoms. The molecule has 0 aromatic heterocycles. The number of amides is 2. The fourth-order valence-corrected chi connectivity index (χ4v) is 3.53. The zero-order valence-corrected chi connectivity index (χ0v) is 19.1. The molecule has 2 aromatic carbocycles. The van der Waals surface area contributed by atoms with Crippen LogP contribution in [0, 0.1) is 13.8 Å². The van der Waals surface area contributed by atoms with Crippen LogP contribution < -0.4 is 14.2 Å². The second-order valence-electron chi connectivity index (χ2n) is 7.82. The van der Waals surface area contributed by atoms with Gasteiger partial charge in [-0.05, 0) is 62.6 Å². The Hall–Kier alpha value is -3.22. The van der Waals surface area contributed by atoms with Crippen LogP contribution in [0.2, 0.25) is 0 Å². The van der Waals surface area contributed by atoms with Crippen LogP contribution in [0.5, 0.6) is 17.2 Å². The first-order chi connectivity index (χ1) is 15.5.